The van der Waals surface area contributed by atoms with Crippen LogP contribution in [0.3, 0.4) is 0 Å². The second-order valence-electron chi connectivity index (χ2n) is 2.65. The average molecular weight is 225 g/mol. The van der Waals surface area contributed by atoms with Gasteiger partial charge in [-0.25, -0.2) is 8.78 Å². The minimum atomic E-state index is -5.01. The maximum Gasteiger partial charge on any atom is 0.419 e. The highest BCUT2D eigenvalue weighted by molar-refractivity contribution is 5.93. The molecule has 0 fully saturated rings. The SMILES string of the molecule is NC(=O)c1ccc(C(F)(F)F)c(F)c1F. The Bertz CT molecular complexity index is 412. The zero-order chi connectivity index (χ0) is 11.8. The second-order valence-corrected chi connectivity index (χ2v) is 2.65. The smallest absolute Gasteiger partial charge is 0.366 e. The molecule has 1 aromatic carbocycles. The van der Waals surface area contributed by atoms with Crippen molar-refractivity contribution in [1.82, 2.24) is 0 Å². The Labute approximate surface area is 80.5 Å². The summed E-state index contributed by atoms with van der Waals surface area (Å²) in [7, 11) is 0. The van der Waals surface area contributed by atoms with E-state index in [1.165, 1.54) is 0 Å². The number of halogens is 5. The Hall–Kier alpha value is -1.66. The van der Waals surface area contributed by atoms with Crippen LogP contribution in [0.15, 0.2) is 12.1 Å². The van der Waals surface area contributed by atoms with Gasteiger partial charge in [-0.3, -0.25) is 4.79 Å². The highest BCUT2D eigenvalue weighted by Gasteiger charge is 2.36. The molecule has 2 nitrogen and oxygen atoms in total. The Kier molecular flexibility index (Phi) is 2.65. The van der Waals surface area contributed by atoms with Gasteiger partial charge < -0.3 is 5.73 Å². The highest BCUT2D eigenvalue weighted by Crippen LogP contribution is 2.32. The number of hydrogen-bond donors (Lipinski definition) is 1. The molecule has 0 radical (unpaired) electrons. The maximum atomic E-state index is 12.9. The van der Waals surface area contributed by atoms with Crippen LogP contribution in [0.1, 0.15) is 15.9 Å². The van der Waals surface area contributed by atoms with Gasteiger partial charge in [-0.15, -0.1) is 0 Å². The van der Waals surface area contributed by atoms with Crippen LogP contribution < -0.4 is 5.73 Å². The van der Waals surface area contributed by atoms with Gasteiger partial charge in [-0.2, -0.15) is 13.2 Å². The molecule has 0 heterocycles. The van der Waals surface area contributed by atoms with Crippen LogP contribution >= 0.6 is 0 Å². The lowest BCUT2D eigenvalue weighted by Gasteiger charge is -2.09. The molecule has 1 amide bonds. The summed E-state index contributed by atoms with van der Waals surface area (Å²) in [5.74, 6) is -5.35. The number of hydrogen-bond acceptors (Lipinski definition) is 1. The van der Waals surface area contributed by atoms with Crippen molar-refractivity contribution in [3.05, 3.63) is 34.9 Å². The number of alkyl halides is 3. The van der Waals surface area contributed by atoms with Gasteiger partial charge in [-0.05, 0) is 12.1 Å². The van der Waals surface area contributed by atoms with E-state index in [1.807, 2.05) is 0 Å². The van der Waals surface area contributed by atoms with Crippen molar-refractivity contribution in [2.24, 2.45) is 5.73 Å². The number of benzene rings is 1. The molecule has 0 bridgehead atoms. The minimum Gasteiger partial charge on any atom is -0.366 e. The lowest BCUT2D eigenvalue weighted by molar-refractivity contribution is -0.140. The summed E-state index contributed by atoms with van der Waals surface area (Å²) in [6.07, 6.45) is -5.01. The van der Waals surface area contributed by atoms with E-state index in [4.69, 9.17) is 0 Å². The van der Waals surface area contributed by atoms with E-state index in [1.54, 1.807) is 0 Å². The minimum absolute atomic E-state index is 0.262. The van der Waals surface area contributed by atoms with E-state index in [0.717, 1.165) is 0 Å². The number of carbonyl (C=O) groups is 1. The molecule has 0 atom stereocenters. The maximum absolute atomic E-state index is 12.9. The first-order valence-electron chi connectivity index (χ1n) is 3.60. The molecule has 0 aliphatic heterocycles. The monoisotopic (exact) mass is 225 g/mol. The number of rotatable bonds is 1. The molecule has 1 aromatic rings. The molecule has 15 heavy (non-hydrogen) atoms. The Morgan fingerprint density at radius 3 is 2.07 bits per heavy atom. The molecule has 1 rings (SSSR count). The predicted molar refractivity (Wildman–Crippen MR) is 39.9 cm³/mol. The first kappa shape index (κ1) is 11.4. The molecule has 0 spiro atoms. The van der Waals surface area contributed by atoms with Crippen LogP contribution in [-0.2, 0) is 6.18 Å². The van der Waals surface area contributed by atoms with Crippen LogP contribution in [0.4, 0.5) is 22.0 Å². The molecule has 0 unspecified atom stereocenters. The van der Waals surface area contributed by atoms with Crippen LogP contribution in [0.2, 0.25) is 0 Å². The molecule has 0 aliphatic carbocycles. The summed E-state index contributed by atoms with van der Waals surface area (Å²) in [5, 5.41) is 0. The van der Waals surface area contributed by atoms with Gasteiger partial charge in [0.25, 0.3) is 5.91 Å². The van der Waals surface area contributed by atoms with Gasteiger partial charge in [0.05, 0.1) is 11.1 Å². The lowest BCUT2D eigenvalue weighted by atomic mass is 10.1. The van der Waals surface area contributed by atoms with Gasteiger partial charge in [-0.1, -0.05) is 0 Å². The fourth-order valence-corrected chi connectivity index (χ4v) is 0.959. The van der Waals surface area contributed by atoms with Crippen molar-refractivity contribution < 1.29 is 26.7 Å². The van der Waals surface area contributed by atoms with Gasteiger partial charge in [0.15, 0.2) is 11.6 Å². The van der Waals surface area contributed by atoms with Crippen LogP contribution in [-0.4, -0.2) is 5.91 Å². The van der Waals surface area contributed by atoms with E-state index in [9.17, 15) is 26.7 Å². The topological polar surface area (TPSA) is 43.1 Å². The summed E-state index contributed by atoms with van der Waals surface area (Å²) in [6, 6.07) is 0.752. The van der Waals surface area contributed by atoms with Gasteiger partial charge in [0.2, 0.25) is 0 Å². The summed E-state index contributed by atoms with van der Waals surface area (Å²) < 4.78 is 61.8. The van der Waals surface area contributed by atoms with Crippen molar-refractivity contribution in [3.63, 3.8) is 0 Å². The number of primary amides is 1. The number of carbonyl (C=O) groups excluding carboxylic acids is 1. The quantitative estimate of drug-likeness (QED) is 0.730. The van der Waals surface area contributed by atoms with Gasteiger partial charge in [0, 0.05) is 0 Å². The van der Waals surface area contributed by atoms with Crippen molar-refractivity contribution in [1.29, 1.82) is 0 Å². The van der Waals surface area contributed by atoms with Crippen LogP contribution in [0.5, 0.6) is 0 Å². The third-order valence-corrected chi connectivity index (χ3v) is 1.65. The number of amides is 1. The molecule has 0 saturated heterocycles. The van der Waals surface area contributed by atoms with E-state index in [0.29, 0.717) is 6.07 Å². The Balaban J connectivity index is 3.41. The van der Waals surface area contributed by atoms with Gasteiger partial charge in [0.1, 0.15) is 0 Å². The highest BCUT2D eigenvalue weighted by atomic mass is 19.4. The van der Waals surface area contributed by atoms with E-state index in [-0.39, 0.29) is 6.07 Å². The van der Waals surface area contributed by atoms with E-state index in [2.05, 4.69) is 5.73 Å². The fourth-order valence-electron chi connectivity index (χ4n) is 0.959. The summed E-state index contributed by atoms with van der Waals surface area (Å²) in [4.78, 5) is 10.5. The van der Waals surface area contributed by atoms with Crippen molar-refractivity contribution in [2.75, 3.05) is 0 Å². The van der Waals surface area contributed by atoms with Crippen LogP contribution in [0.25, 0.3) is 0 Å². The lowest BCUT2D eigenvalue weighted by Crippen LogP contribution is -2.17. The Morgan fingerprint density at radius 1 is 1.13 bits per heavy atom. The molecule has 0 saturated carbocycles. The van der Waals surface area contributed by atoms with Crippen molar-refractivity contribution >= 4 is 5.91 Å². The largest absolute Gasteiger partial charge is 0.419 e. The average Bonchev–Trinajstić information content (AvgIpc) is 2.06. The van der Waals surface area contributed by atoms with Crippen molar-refractivity contribution in [2.45, 2.75) is 6.18 Å². The van der Waals surface area contributed by atoms with E-state index < -0.39 is 34.8 Å². The molecule has 2 N–H and O–H groups in total. The third kappa shape index (κ3) is 2.05. The number of nitrogens with two attached hydrogens (primary N) is 1. The molecule has 82 valence electrons. The zero-order valence-corrected chi connectivity index (χ0v) is 7.03. The fraction of sp³-hybridized carbons (Fsp3) is 0.125. The first-order chi connectivity index (χ1) is 6.75. The predicted octanol–water partition coefficient (Wildman–Crippen LogP) is 2.08. The zero-order valence-electron chi connectivity index (χ0n) is 7.03. The van der Waals surface area contributed by atoms with E-state index >= 15 is 0 Å². The van der Waals surface area contributed by atoms with Gasteiger partial charge >= 0.3 is 6.18 Å². The second kappa shape index (κ2) is 3.48. The molecular formula is C8H4F5NO. The van der Waals surface area contributed by atoms with Crippen LogP contribution in [0, 0.1) is 11.6 Å². The third-order valence-electron chi connectivity index (χ3n) is 1.65. The summed E-state index contributed by atoms with van der Waals surface area (Å²) >= 11 is 0. The normalized spacial score (nSPS) is 11.5. The first-order valence-corrected chi connectivity index (χ1v) is 3.60. The molecule has 0 aliphatic rings. The summed E-state index contributed by atoms with van der Waals surface area (Å²) in [5.41, 5.74) is 1.93. The Morgan fingerprint density at radius 2 is 1.67 bits per heavy atom. The standard InChI is InChI=1S/C8H4F5NO/c9-5-3(7(14)15)1-2-4(6(5)10)8(11,12)13/h1-2H,(H2,14,15). The molecule has 7 heteroatoms. The van der Waals surface area contributed by atoms with Crippen molar-refractivity contribution in [3.8, 4) is 0 Å². The molecule has 0 aromatic heterocycles. The molecular weight excluding hydrogens is 221 g/mol. The summed E-state index contributed by atoms with van der Waals surface area (Å²) in [6.45, 7) is 0.